The molecule has 6 heteroatoms. The molecular formula is C22H26BrN3O2. The van der Waals surface area contributed by atoms with E-state index in [1.54, 1.807) is 13.2 Å². The minimum Gasteiger partial charge on any atom is -0.496 e. The van der Waals surface area contributed by atoms with E-state index in [2.05, 4.69) is 50.1 Å². The Morgan fingerprint density at radius 2 is 1.86 bits per heavy atom. The van der Waals surface area contributed by atoms with Crippen molar-refractivity contribution in [2.45, 2.75) is 6.92 Å². The molecule has 0 atom stereocenters. The number of benzene rings is 2. The van der Waals surface area contributed by atoms with Gasteiger partial charge in [-0.25, -0.2) is 0 Å². The van der Waals surface area contributed by atoms with Gasteiger partial charge in [-0.1, -0.05) is 22.9 Å². The second-order valence-electron chi connectivity index (χ2n) is 6.68. The van der Waals surface area contributed by atoms with E-state index < -0.39 is 0 Å². The summed E-state index contributed by atoms with van der Waals surface area (Å²) in [5, 5.41) is 2.91. The summed E-state index contributed by atoms with van der Waals surface area (Å²) >= 11 is 3.44. The maximum atomic E-state index is 12.3. The summed E-state index contributed by atoms with van der Waals surface area (Å²) in [4.78, 5) is 17.1. The summed E-state index contributed by atoms with van der Waals surface area (Å²) < 4.78 is 6.26. The Labute approximate surface area is 175 Å². The first-order chi connectivity index (χ1) is 13.6. The Bertz CT molecular complexity index is 828. The van der Waals surface area contributed by atoms with Gasteiger partial charge in [0.05, 0.1) is 7.11 Å². The SMILES string of the molecule is CCN1CCN(c2ccc(NC(=O)/C=C/c3cc(Br)ccc3OC)cc2)CC1. The zero-order chi connectivity index (χ0) is 19.9. The molecule has 1 fully saturated rings. The fourth-order valence-electron chi connectivity index (χ4n) is 3.26. The lowest BCUT2D eigenvalue weighted by molar-refractivity contribution is -0.111. The summed E-state index contributed by atoms with van der Waals surface area (Å²) in [5.41, 5.74) is 2.82. The number of likely N-dealkylation sites (N-methyl/N-ethyl adjacent to an activating group) is 1. The number of halogens is 1. The van der Waals surface area contributed by atoms with Crippen molar-refractivity contribution in [1.29, 1.82) is 0 Å². The van der Waals surface area contributed by atoms with E-state index in [0.717, 1.165) is 54.2 Å². The van der Waals surface area contributed by atoms with Crippen molar-refractivity contribution < 1.29 is 9.53 Å². The molecule has 1 heterocycles. The third kappa shape index (κ3) is 5.36. The highest BCUT2D eigenvalue weighted by Gasteiger charge is 2.15. The normalized spacial score (nSPS) is 15.0. The molecule has 2 aromatic carbocycles. The maximum Gasteiger partial charge on any atom is 0.248 e. The molecule has 2 aromatic rings. The van der Waals surface area contributed by atoms with Gasteiger partial charge >= 0.3 is 0 Å². The second-order valence-corrected chi connectivity index (χ2v) is 7.59. The van der Waals surface area contributed by atoms with Gasteiger partial charge < -0.3 is 19.9 Å². The van der Waals surface area contributed by atoms with Crippen molar-refractivity contribution >= 4 is 39.3 Å². The van der Waals surface area contributed by atoms with Gasteiger partial charge in [0.15, 0.2) is 0 Å². The number of anilines is 2. The van der Waals surface area contributed by atoms with Gasteiger partial charge in [0.1, 0.15) is 5.75 Å². The number of carbonyl (C=O) groups excluding carboxylic acids is 1. The van der Waals surface area contributed by atoms with Crippen LogP contribution in [0.4, 0.5) is 11.4 Å². The van der Waals surface area contributed by atoms with E-state index in [1.165, 1.54) is 11.8 Å². The minimum atomic E-state index is -0.175. The molecule has 1 amide bonds. The number of nitrogens with zero attached hydrogens (tertiary/aromatic N) is 2. The smallest absolute Gasteiger partial charge is 0.248 e. The van der Waals surface area contributed by atoms with Gasteiger partial charge in [-0.3, -0.25) is 4.79 Å². The standard InChI is InChI=1S/C22H26BrN3O2/c1-3-25-12-14-26(15-13-25)20-8-6-19(7-9-20)24-22(27)11-4-17-16-18(23)5-10-21(17)28-2/h4-11,16H,3,12-15H2,1-2H3,(H,24,27)/b11-4+. The Hall–Kier alpha value is -2.31. The van der Waals surface area contributed by atoms with Crippen LogP contribution in [-0.2, 0) is 4.79 Å². The van der Waals surface area contributed by atoms with Gasteiger partial charge in [-0.05, 0) is 55.1 Å². The highest BCUT2D eigenvalue weighted by atomic mass is 79.9. The van der Waals surface area contributed by atoms with Crippen LogP contribution < -0.4 is 15.0 Å². The minimum absolute atomic E-state index is 0.175. The molecule has 3 rings (SSSR count). The van der Waals surface area contributed by atoms with Crippen molar-refractivity contribution in [2.75, 3.05) is 50.1 Å². The first-order valence-corrected chi connectivity index (χ1v) is 10.3. The molecular weight excluding hydrogens is 418 g/mol. The predicted molar refractivity (Wildman–Crippen MR) is 119 cm³/mol. The third-order valence-electron chi connectivity index (χ3n) is 4.93. The van der Waals surface area contributed by atoms with Crippen molar-refractivity contribution in [3.8, 4) is 5.75 Å². The highest BCUT2D eigenvalue weighted by Crippen LogP contribution is 2.24. The van der Waals surface area contributed by atoms with Crippen molar-refractivity contribution in [1.82, 2.24) is 4.90 Å². The van der Waals surface area contributed by atoms with E-state index in [4.69, 9.17) is 4.74 Å². The lowest BCUT2D eigenvalue weighted by Crippen LogP contribution is -2.46. The van der Waals surface area contributed by atoms with Crippen LogP contribution in [0.2, 0.25) is 0 Å². The number of carbonyl (C=O) groups is 1. The fourth-order valence-corrected chi connectivity index (χ4v) is 3.64. The van der Waals surface area contributed by atoms with Gasteiger partial charge in [-0.15, -0.1) is 0 Å². The van der Waals surface area contributed by atoms with E-state index in [1.807, 2.05) is 30.3 Å². The molecule has 0 unspecified atom stereocenters. The quantitative estimate of drug-likeness (QED) is 0.677. The molecule has 1 saturated heterocycles. The molecule has 0 aromatic heterocycles. The van der Waals surface area contributed by atoms with Crippen LogP contribution in [0.5, 0.6) is 5.75 Å². The van der Waals surface area contributed by atoms with E-state index in [9.17, 15) is 4.79 Å². The van der Waals surface area contributed by atoms with Gasteiger partial charge in [0.2, 0.25) is 5.91 Å². The summed E-state index contributed by atoms with van der Waals surface area (Å²) in [6.45, 7) is 7.58. The number of rotatable bonds is 6. The van der Waals surface area contributed by atoms with Crippen LogP contribution in [-0.4, -0.2) is 50.6 Å². The van der Waals surface area contributed by atoms with Crippen LogP contribution in [0.3, 0.4) is 0 Å². The Balaban J connectivity index is 1.58. The molecule has 0 bridgehead atoms. The zero-order valence-corrected chi connectivity index (χ0v) is 17.9. The Morgan fingerprint density at radius 3 is 2.50 bits per heavy atom. The zero-order valence-electron chi connectivity index (χ0n) is 16.3. The maximum absolute atomic E-state index is 12.3. The van der Waals surface area contributed by atoms with Crippen molar-refractivity contribution in [3.05, 3.63) is 58.6 Å². The first kappa shape index (κ1) is 20.4. The first-order valence-electron chi connectivity index (χ1n) is 9.49. The lowest BCUT2D eigenvalue weighted by atomic mass is 10.2. The molecule has 0 spiro atoms. The molecule has 1 N–H and O–H groups in total. The Kier molecular flexibility index (Phi) is 7.12. The lowest BCUT2D eigenvalue weighted by Gasteiger charge is -2.35. The van der Waals surface area contributed by atoms with E-state index >= 15 is 0 Å². The summed E-state index contributed by atoms with van der Waals surface area (Å²) in [7, 11) is 1.62. The summed E-state index contributed by atoms with van der Waals surface area (Å²) in [6, 6.07) is 13.7. The number of hydrogen-bond acceptors (Lipinski definition) is 4. The molecule has 1 aliphatic heterocycles. The highest BCUT2D eigenvalue weighted by molar-refractivity contribution is 9.10. The van der Waals surface area contributed by atoms with E-state index in [-0.39, 0.29) is 5.91 Å². The van der Waals surface area contributed by atoms with Crippen molar-refractivity contribution in [2.24, 2.45) is 0 Å². The van der Waals surface area contributed by atoms with Gasteiger partial charge in [-0.2, -0.15) is 0 Å². The van der Waals surface area contributed by atoms with Crippen LogP contribution in [0.1, 0.15) is 12.5 Å². The molecule has 28 heavy (non-hydrogen) atoms. The summed E-state index contributed by atoms with van der Waals surface area (Å²) in [6.07, 6.45) is 3.27. The topological polar surface area (TPSA) is 44.8 Å². The van der Waals surface area contributed by atoms with Crippen LogP contribution in [0.15, 0.2) is 53.0 Å². The number of nitrogens with one attached hydrogen (secondary N) is 1. The number of ether oxygens (including phenoxy) is 1. The van der Waals surface area contributed by atoms with Gasteiger partial charge in [0.25, 0.3) is 0 Å². The fraction of sp³-hybridized carbons (Fsp3) is 0.318. The largest absolute Gasteiger partial charge is 0.496 e. The summed E-state index contributed by atoms with van der Waals surface area (Å²) in [5.74, 6) is 0.547. The molecule has 0 radical (unpaired) electrons. The van der Waals surface area contributed by atoms with Gasteiger partial charge in [0, 0.05) is 53.7 Å². The van der Waals surface area contributed by atoms with E-state index in [0.29, 0.717) is 0 Å². The van der Waals surface area contributed by atoms with Crippen LogP contribution in [0, 0.1) is 0 Å². The van der Waals surface area contributed by atoms with Crippen LogP contribution >= 0.6 is 15.9 Å². The number of amides is 1. The molecule has 0 saturated carbocycles. The number of hydrogen-bond donors (Lipinski definition) is 1. The average Bonchev–Trinajstić information content (AvgIpc) is 2.73. The number of piperazine rings is 1. The molecule has 148 valence electrons. The van der Waals surface area contributed by atoms with Crippen LogP contribution in [0.25, 0.3) is 6.08 Å². The predicted octanol–water partition coefficient (Wildman–Crippen LogP) is 4.25. The number of methoxy groups -OCH3 is 1. The van der Waals surface area contributed by atoms with Crippen molar-refractivity contribution in [3.63, 3.8) is 0 Å². The molecule has 5 nitrogen and oxygen atoms in total. The second kappa shape index (κ2) is 9.75. The Morgan fingerprint density at radius 1 is 1.14 bits per heavy atom. The average molecular weight is 444 g/mol. The molecule has 0 aliphatic carbocycles. The monoisotopic (exact) mass is 443 g/mol. The molecule has 1 aliphatic rings. The third-order valence-corrected chi connectivity index (χ3v) is 5.42.